The SMILES string of the molecule is CO[C@H]1[C@@H](CF)OC(N)=N[C@]1(C)c1cc(NC(=O)c2cnc(OCF)cn2)ccc1F. The Kier molecular flexibility index (Phi) is 6.59. The number of amidine groups is 1. The number of halogens is 3. The minimum atomic E-state index is -1.43. The Morgan fingerprint density at radius 3 is 2.71 bits per heavy atom. The van der Waals surface area contributed by atoms with Crippen LogP contribution < -0.4 is 15.8 Å². The Morgan fingerprint density at radius 1 is 1.32 bits per heavy atom. The van der Waals surface area contributed by atoms with E-state index in [9.17, 15) is 18.0 Å². The molecule has 0 saturated carbocycles. The molecule has 3 N–H and O–H groups in total. The van der Waals surface area contributed by atoms with Crippen molar-refractivity contribution in [3.8, 4) is 5.88 Å². The molecule has 31 heavy (non-hydrogen) atoms. The maximum atomic E-state index is 14.8. The van der Waals surface area contributed by atoms with Crippen molar-refractivity contribution in [1.29, 1.82) is 0 Å². The van der Waals surface area contributed by atoms with E-state index in [0.29, 0.717) is 0 Å². The van der Waals surface area contributed by atoms with Crippen molar-refractivity contribution >= 4 is 17.6 Å². The summed E-state index contributed by atoms with van der Waals surface area (Å²) in [5.74, 6) is -1.40. The summed E-state index contributed by atoms with van der Waals surface area (Å²) >= 11 is 0. The van der Waals surface area contributed by atoms with E-state index in [1.807, 2.05) is 0 Å². The monoisotopic (exact) mass is 439 g/mol. The van der Waals surface area contributed by atoms with E-state index in [4.69, 9.17) is 15.2 Å². The van der Waals surface area contributed by atoms with Crippen molar-refractivity contribution in [3.05, 3.63) is 47.7 Å². The van der Waals surface area contributed by atoms with E-state index in [1.165, 1.54) is 26.2 Å². The smallest absolute Gasteiger partial charge is 0.283 e. The first-order valence-electron chi connectivity index (χ1n) is 9.05. The maximum absolute atomic E-state index is 14.8. The highest BCUT2D eigenvalue weighted by Gasteiger charge is 2.47. The molecule has 12 heteroatoms. The Balaban J connectivity index is 1.90. The van der Waals surface area contributed by atoms with E-state index < -0.39 is 43.0 Å². The molecule has 1 amide bonds. The van der Waals surface area contributed by atoms with Gasteiger partial charge in [0.1, 0.15) is 29.8 Å². The summed E-state index contributed by atoms with van der Waals surface area (Å²) in [5, 5.41) is 2.55. The number of hydrogen-bond donors (Lipinski definition) is 2. The summed E-state index contributed by atoms with van der Waals surface area (Å²) in [6.07, 6.45) is 0.109. The number of aliphatic imine (C=N–C) groups is 1. The number of nitrogens with one attached hydrogen (secondary N) is 1. The van der Waals surface area contributed by atoms with Crippen LogP contribution in [0.3, 0.4) is 0 Å². The number of nitrogens with two attached hydrogens (primary N) is 1. The summed E-state index contributed by atoms with van der Waals surface area (Å²) in [7, 11) is 1.32. The second kappa shape index (κ2) is 9.16. The Bertz CT molecular complexity index is 976. The van der Waals surface area contributed by atoms with Gasteiger partial charge in [-0.25, -0.2) is 28.1 Å². The molecule has 1 aliphatic heterocycles. The number of methoxy groups -OCH3 is 1. The number of carbonyl (C=O) groups is 1. The molecule has 2 aromatic rings. The number of aromatic nitrogens is 2. The first kappa shape index (κ1) is 22.3. The fourth-order valence-corrected chi connectivity index (χ4v) is 3.35. The van der Waals surface area contributed by atoms with Crippen molar-refractivity contribution in [2.45, 2.75) is 24.7 Å². The molecule has 0 radical (unpaired) electrons. The first-order valence-corrected chi connectivity index (χ1v) is 9.05. The molecule has 1 aromatic heterocycles. The Labute approximate surface area is 175 Å². The predicted octanol–water partition coefficient (Wildman–Crippen LogP) is 2.09. The zero-order chi connectivity index (χ0) is 22.6. The second-order valence-electron chi connectivity index (χ2n) is 6.71. The lowest BCUT2D eigenvalue weighted by atomic mass is 9.83. The normalized spacial score (nSPS) is 22.9. The third-order valence-electron chi connectivity index (χ3n) is 4.75. The topological polar surface area (TPSA) is 121 Å². The molecular formula is C19H20F3N5O4. The minimum Gasteiger partial charge on any atom is -0.456 e. The number of nitrogens with zero attached hydrogens (tertiary/aromatic N) is 3. The van der Waals surface area contributed by atoms with Crippen molar-refractivity contribution in [3.63, 3.8) is 0 Å². The quantitative estimate of drug-likeness (QED) is 0.678. The van der Waals surface area contributed by atoms with Gasteiger partial charge in [0, 0.05) is 18.4 Å². The van der Waals surface area contributed by atoms with E-state index in [0.717, 1.165) is 18.5 Å². The van der Waals surface area contributed by atoms with Crippen LogP contribution in [0.1, 0.15) is 23.0 Å². The van der Waals surface area contributed by atoms with E-state index in [2.05, 4.69) is 25.0 Å². The molecule has 9 nitrogen and oxygen atoms in total. The third-order valence-corrected chi connectivity index (χ3v) is 4.75. The first-order chi connectivity index (χ1) is 14.8. The van der Waals surface area contributed by atoms with E-state index in [-0.39, 0.29) is 28.8 Å². The van der Waals surface area contributed by atoms with Crippen molar-refractivity contribution in [2.75, 3.05) is 26.0 Å². The molecule has 0 saturated heterocycles. The molecule has 3 atom stereocenters. The van der Waals surface area contributed by atoms with Gasteiger partial charge in [-0.2, -0.15) is 0 Å². The average molecular weight is 439 g/mol. The van der Waals surface area contributed by atoms with Crippen LogP contribution in [-0.2, 0) is 15.0 Å². The summed E-state index contributed by atoms with van der Waals surface area (Å²) in [5.41, 5.74) is 4.39. The summed E-state index contributed by atoms with van der Waals surface area (Å²) < 4.78 is 55.4. The molecule has 1 aliphatic rings. The van der Waals surface area contributed by atoms with Gasteiger partial charge in [0.05, 0.1) is 12.4 Å². The Morgan fingerprint density at radius 2 is 2.10 bits per heavy atom. The number of alkyl halides is 2. The van der Waals surface area contributed by atoms with E-state index >= 15 is 0 Å². The largest absolute Gasteiger partial charge is 0.456 e. The van der Waals surface area contributed by atoms with Crippen LogP contribution in [-0.4, -0.2) is 54.7 Å². The lowest BCUT2D eigenvalue weighted by Gasteiger charge is -2.41. The molecule has 0 aliphatic carbocycles. The Hall–Kier alpha value is -3.41. The molecule has 0 bridgehead atoms. The van der Waals surface area contributed by atoms with Crippen LogP contribution in [0.5, 0.6) is 5.88 Å². The second-order valence-corrected chi connectivity index (χ2v) is 6.71. The highest BCUT2D eigenvalue weighted by Crippen LogP contribution is 2.39. The number of hydrogen-bond acceptors (Lipinski definition) is 8. The number of carbonyl (C=O) groups excluding carboxylic acids is 1. The molecule has 1 aromatic carbocycles. The van der Waals surface area contributed by atoms with Crippen LogP contribution >= 0.6 is 0 Å². The summed E-state index contributed by atoms with van der Waals surface area (Å²) in [6.45, 7) is -0.484. The van der Waals surface area contributed by atoms with Crippen LogP contribution in [0, 0.1) is 5.82 Å². The number of amides is 1. The molecule has 0 spiro atoms. The van der Waals surface area contributed by atoms with Gasteiger partial charge in [-0.05, 0) is 25.1 Å². The highest BCUT2D eigenvalue weighted by molar-refractivity contribution is 6.02. The molecule has 0 unspecified atom stereocenters. The van der Waals surface area contributed by atoms with Gasteiger partial charge in [0.25, 0.3) is 11.9 Å². The highest BCUT2D eigenvalue weighted by atomic mass is 19.1. The fourth-order valence-electron chi connectivity index (χ4n) is 3.35. The average Bonchev–Trinajstić information content (AvgIpc) is 2.75. The summed E-state index contributed by atoms with van der Waals surface area (Å²) in [6, 6.07) is 3.48. The molecular weight excluding hydrogens is 419 g/mol. The third kappa shape index (κ3) is 4.53. The van der Waals surface area contributed by atoms with Gasteiger partial charge in [0.15, 0.2) is 6.10 Å². The van der Waals surface area contributed by atoms with Crippen molar-refractivity contribution in [2.24, 2.45) is 10.7 Å². The van der Waals surface area contributed by atoms with Gasteiger partial charge < -0.3 is 25.3 Å². The van der Waals surface area contributed by atoms with Crippen molar-refractivity contribution < 1.29 is 32.2 Å². The van der Waals surface area contributed by atoms with Gasteiger partial charge >= 0.3 is 0 Å². The number of ether oxygens (including phenoxy) is 3. The number of rotatable bonds is 7. The van der Waals surface area contributed by atoms with E-state index in [1.54, 1.807) is 0 Å². The molecule has 3 rings (SSSR count). The van der Waals surface area contributed by atoms with Gasteiger partial charge in [0.2, 0.25) is 12.7 Å². The van der Waals surface area contributed by atoms with Crippen LogP contribution in [0.15, 0.2) is 35.6 Å². The van der Waals surface area contributed by atoms with Gasteiger partial charge in [-0.1, -0.05) is 0 Å². The maximum Gasteiger partial charge on any atom is 0.283 e. The molecule has 2 heterocycles. The predicted molar refractivity (Wildman–Crippen MR) is 104 cm³/mol. The summed E-state index contributed by atoms with van der Waals surface area (Å²) in [4.78, 5) is 24.2. The van der Waals surface area contributed by atoms with Crippen LogP contribution in [0.2, 0.25) is 0 Å². The van der Waals surface area contributed by atoms with Crippen LogP contribution in [0.25, 0.3) is 0 Å². The van der Waals surface area contributed by atoms with Crippen molar-refractivity contribution in [1.82, 2.24) is 9.97 Å². The van der Waals surface area contributed by atoms with Gasteiger partial charge in [-0.15, -0.1) is 0 Å². The fraction of sp³-hybridized carbons (Fsp3) is 0.368. The van der Waals surface area contributed by atoms with Crippen LogP contribution in [0.4, 0.5) is 18.9 Å². The zero-order valence-electron chi connectivity index (χ0n) is 16.6. The lowest BCUT2D eigenvalue weighted by Crippen LogP contribution is -2.53. The molecule has 166 valence electrons. The standard InChI is InChI=1S/C19H20F3N5O4/c1-19(16(29-2)14(6-20)31-18(23)27-19)11-5-10(3-4-12(11)22)26-17(28)13-7-25-15(8-24-13)30-9-21/h3-5,7-8,14,16H,6,9H2,1-2H3,(H2,23,27)(H,26,28)/t14-,16+,19-/m1/s1. The van der Waals surface area contributed by atoms with Gasteiger partial charge in [-0.3, -0.25) is 4.79 Å². The molecule has 0 fully saturated rings. The number of anilines is 1. The lowest BCUT2D eigenvalue weighted by molar-refractivity contribution is -0.0705. The zero-order valence-corrected chi connectivity index (χ0v) is 16.6. The minimum absolute atomic E-state index is 0.0135. The number of benzene rings is 1.